The average Bonchev–Trinajstić information content (AvgIpc) is 3.38. The maximum Gasteiger partial charge on any atom is 0.348 e. The summed E-state index contributed by atoms with van der Waals surface area (Å²) in [6.45, 7) is 0.183. The van der Waals surface area contributed by atoms with Crippen LogP contribution in [0.25, 0.3) is 0 Å². The predicted octanol–water partition coefficient (Wildman–Crippen LogP) is 5.03. The van der Waals surface area contributed by atoms with Crippen LogP contribution in [-0.4, -0.2) is 53.6 Å². The molecule has 1 aliphatic heterocycles. The van der Waals surface area contributed by atoms with Crippen LogP contribution in [0.4, 0.5) is 8.78 Å². The zero-order valence-electron chi connectivity index (χ0n) is 19.3. The Balaban J connectivity index is 1.47. The van der Waals surface area contributed by atoms with Gasteiger partial charge in [0, 0.05) is 17.8 Å². The number of benzene rings is 1. The van der Waals surface area contributed by atoms with E-state index in [0.29, 0.717) is 24.1 Å². The van der Waals surface area contributed by atoms with E-state index < -0.39 is 36.4 Å². The lowest BCUT2D eigenvalue weighted by atomic mass is 10.0. The number of ether oxygens (including phenoxy) is 1. The van der Waals surface area contributed by atoms with Crippen molar-refractivity contribution in [2.45, 2.75) is 63.0 Å². The summed E-state index contributed by atoms with van der Waals surface area (Å²) in [5.41, 5.74) is 1.25. The monoisotopic (exact) mass is 491 g/mol. The van der Waals surface area contributed by atoms with E-state index in [1.807, 2.05) is 24.3 Å². The minimum Gasteiger partial charge on any atom is -0.465 e. The fourth-order valence-electron chi connectivity index (χ4n) is 4.09. The summed E-state index contributed by atoms with van der Waals surface area (Å²) in [5.74, 6) is -4.97. The summed E-state index contributed by atoms with van der Waals surface area (Å²) >= 11 is 1.30. The van der Waals surface area contributed by atoms with Crippen LogP contribution in [-0.2, 0) is 22.4 Å². The molecule has 1 aliphatic rings. The minimum absolute atomic E-state index is 0.183. The van der Waals surface area contributed by atoms with Crippen molar-refractivity contribution >= 4 is 23.2 Å². The fraction of sp³-hybridized carbons (Fsp3) is 0.462. The summed E-state index contributed by atoms with van der Waals surface area (Å²) in [5, 5.41) is 10.3. The number of thiophene rings is 1. The molecule has 0 saturated carbocycles. The Kier molecular flexibility index (Phi) is 9.36. The molecule has 184 valence electrons. The van der Waals surface area contributed by atoms with Gasteiger partial charge >= 0.3 is 11.9 Å². The second kappa shape index (κ2) is 12.2. The number of aliphatic hydroxyl groups is 1. The predicted molar refractivity (Wildman–Crippen MR) is 128 cm³/mol. The maximum absolute atomic E-state index is 14.1. The van der Waals surface area contributed by atoms with Crippen molar-refractivity contribution in [2.24, 2.45) is 0 Å². The second-order valence-electron chi connectivity index (χ2n) is 8.52. The highest BCUT2D eigenvalue weighted by molar-refractivity contribution is 7.13. The van der Waals surface area contributed by atoms with E-state index in [9.17, 15) is 23.5 Å². The van der Waals surface area contributed by atoms with Crippen molar-refractivity contribution < 1.29 is 28.2 Å². The van der Waals surface area contributed by atoms with E-state index in [-0.39, 0.29) is 6.54 Å². The number of alkyl halides is 2. The summed E-state index contributed by atoms with van der Waals surface area (Å²) < 4.78 is 32.9. The summed E-state index contributed by atoms with van der Waals surface area (Å²) in [7, 11) is 1.32. The summed E-state index contributed by atoms with van der Waals surface area (Å²) in [6, 6.07) is 12.8. The molecule has 2 aromatic rings. The molecule has 0 aliphatic carbocycles. The Labute approximate surface area is 203 Å². The number of esters is 1. The van der Waals surface area contributed by atoms with Crippen molar-refractivity contribution in [1.29, 1.82) is 0 Å². The molecule has 1 N–H and O–H groups in total. The van der Waals surface area contributed by atoms with Gasteiger partial charge in [-0.05, 0) is 49.8 Å². The Morgan fingerprint density at radius 1 is 1.21 bits per heavy atom. The zero-order chi connectivity index (χ0) is 24.6. The van der Waals surface area contributed by atoms with Gasteiger partial charge in [-0.25, -0.2) is 4.79 Å². The third-order valence-electron chi connectivity index (χ3n) is 5.92. The topological polar surface area (TPSA) is 66.8 Å². The van der Waals surface area contributed by atoms with Crippen LogP contribution < -0.4 is 0 Å². The van der Waals surface area contributed by atoms with Crippen LogP contribution in [0.5, 0.6) is 0 Å². The Bertz CT molecular complexity index is 976. The van der Waals surface area contributed by atoms with Crippen molar-refractivity contribution in [3.63, 3.8) is 0 Å². The molecule has 5 nitrogen and oxygen atoms in total. The molecule has 1 aromatic heterocycles. The molecule has 1 amide bonds. The molecule has 1 unspecified atom stereocenters. The first-order valence-electron chi connectivity index (χ1n) is 11.6. The highest BCUT2D eigenvalue weighted by Crippen LogP contribution is 2.34. The molecule has 34 heavy (non-hydrogen) atoms. The molecular weight excluding hydrogens is 460 g/mol. The third-order valence-corrected chi connectivity index (χ3v) is 7.05. The van der Waals surface area contributed by atoms with E-state index in [4.69, 9.17) is 4.74 Å². The number of methoxy groups -OCH3 is 1. The summed E-state index contributed by atoms with van der Waals surface area (Å²) in [6.07, 6.45) is 6.06. The van der Waals surface area contributed by atoms with Crippen molar-refractivity contribution in [3.05, 3.63) is 69.9 Å². The molecule has 2 atom stereocenters. The SMILES string of the molecule is COC(=O)c1ccc(CCCN2C(=O)C(F)(F)CC2/C=C/[C@@H](O)CCCCc2ccccc2)s1. The molecule has 0 spiro atoms. The van der Waals surface area contributed by atoms with Gasteiger partial charge in [-0.1, -0.05) is 48.9 Å². The van der Waals surface area contributed by atoms with Crippen LogP contribution in [0.2, 0.25) is 0 Å². The standard InChI is InChI=1S/C26H31F2NO4S/c1-33-24(31)23-16-15-22(34-23)12-7-17-29-20(18-26(27,28)25(29)32)13-14-21(30)11-6-5-10-19-8-3-2-4-9-19/h2-4,8-9,13-16,20-21,30H,5-7,10-12,17-18H2,1H3/b14-13+/t20?,21-/m0/s1. The maximum atomic E-state index is 14.1. The van der Waals surface area contributed by atoms with Gasteiger partial charge in [0.05, 0.1) is 19.3 Å². The Morgan fingerprint density at radius 3 is 2.71 bits per heavy atom. The highest BCUT2D eigenvalue weighted by atomic mass is 32.1. The van der Waals surface area contributed by atoms with Gasteiger partial charge in [0.2, 0.25) is 0 Å². The molecule has 1 saturated heterocycles. The van der Waals surface area contributed by atoms with Crippen molar-refractivity contribution in [2.75, 3.05) is 13.7 Å². The zero-order valence-corrected chi connectivity index (χ0v) is 20.1. The number of nitrogens with zero attached hydrogens (tertiary/aromatic N) is 1. The normalized spacial score (nSPS) is 18.5. The first-order valence-corrected chi connectivity index (χ1v) is 12.4. The smallest absolute Gasteiger partial charge is 0.348 e. The number of amides is 1. The van der Waals surface area contributed by atoms with Crippen molar-refractivity contribution in [1.82, 2.24) is 4.90 Å². The number of likely N-dealkylation sites (tertiary alicyclic amines) is 1. The minimum atomic E-state index is -3.39. The van der Waals surface area contributed by atoms with Crippen LogP contribution in [0.3, 0.4) is 0 Å². The highest BCUT2D eigenvalue weighted by Gasteiger charge is 2.52. The molecule has 8 heteroatoms. The lowest BCUT2D eigenvalue weighted by Gasteiger charge is -2.22. The molecule has 0 radical (unpaired) electrons. The van der Waals surface area contributed by atoms with E-state index in [2.05, 4.69) is 12.1 Å². The molecule has 3 rings (SSSR count). The molecular formula is C26H31F2NO4S. The van der Waals surface area contributed by atoms with Gasteiger partial charge in [0.1, 0.15) is 4.88 Å². The largest absolute Gasteiger partial charge is 0.465 e. The number of aryl methyl sites for hydroxylation is 2. The number of aliphatic hydroxyl groups excluding tert-OH is 1. The van der Waals surface area contributed by atoms with Crippen molar-refractivity contribution in [3.8, 4) is 0 Å². The Hall–Kier alpha value is -2.58. The molecule has 1 aromatic carbocycles. The number of halogens is 2. The van der Waals surface area contributed by atoms with Gasteiger partial charge in [-0.3, -0.25) is 4.79 Å². The lowest BCUT2D eigenvalue weighted by molar-refractivity contribution is -0.148. The van der Waals surface area contributed by atoms with Crippen LogP contribution >= 0.6 is 11.3 Å². The van der Waals surface area contributed by atoms with Gasteiger partial charge in [-0.2, -0.15) is 8.78 Å². The number of rotatable bonds is 12. The first kappa shape index (κ1) is 26.0. The van der Waals surface area contributed by atoms with E-state index in [1.165, 1.54) is 35.0 Å². The fourth-order valence-corrected chi connectivity index (χ4v) is 5.05. The Morgan fingerprint density at radius 2 is 1.97 bits per heavy atom. The summed E-state index contributed by atoms with van der Waals surface area (Å²) in [4.78, 5) is 26.4. The van der Waals surface area contributed by atoms with E-state index in [0.717, 1.165) is 24.1 Å². The van der Waals surface area contributed by atoms with Gasteiger partial charge < -0.3 is 14.7 Å². The van der Waals surface area contributed by atoms with Crippen LogP contribution in [0.15, 0.2) is 54.6 Å². The average molecular weight is 492 g/mol. The number of hydrogen-bond donors (Lipinski definition) is 1. The van der Waals surface area contributed by atoms with Gasteiger partial charge in [0.15, 0.2) is 0 Å². The third kappa shape index (κ3) is 7.21. The van der Waals surface area contributed by atoms with Crippen LogP contribution in [0, 0.1) is 0 Å². The van der Waals surface area contributed by atoms with E-state index in [1.54, 1.807) is 12.1 Å². The number of unbranched alkanes of at least 4 members (excludes halogenated alkanes) is 1. The quantitative estimate of drug-likeness (QED) is 0.257. The van der Waals surface area contributed by atoms with Gasteiger partial charge in [-0.15, -0.1) is 11.3 Å². The van der Waals surface area contributed by atoms with E-state index >= 15 is 0 Å². The first-order chi connectivity index (χ1) is 16.3. The molecule has 1 fully saturated rings. The molecule has 2 heterocycles. The van der Waals surface area contributed by atoms with Gasteiger partial charge in [0.25, 0.3) is 5.91 Å². The number of carbonyl (C=O) groups is 2. The number of hydrogen-bond acceptors (Lipinski definition) is 5. The van der Waals surface area contributed by atoms with Crippen LogP contribution in [0.1, 0.15) is 52.2 Å². The second-order valence-corrected chi connectivity index (χ2v) is 9.69. The molecule has 0 bridgehead atoms. The number of carbonyl (C=O) groups excluding carboxylic acids is 2. The lowest BCUT2D eigenvalue weighted by Crippen LogP contribution is -2.36.